The summed E-state index contributed by atoms with van der Waals surface area (Å²) in [7, 11) is 0. The molecule has 3 aromatic rings. The molecule has 0 saturated heterocycles. The van der Waals surface area contributed by atoms with Crippen molar-refractivity contribution in [2.24, 2.45) is 5.92 Å². The Hall–Kier alpha value is -2.87. The summed E-state index contributed by atoms with van der Waals surface area (Å²) in [6.45, 7) is 3.70. The van der Waals surface area contributed by atoms with Gasteiger partial charge in [-0.1, -0.05) is 73.7 Å². The van der Waals surface area contributed by atoms with E-state index < -0.39 is 5.41 Å². The zero-order valence-electron chi connectivity index (χ0n) is 14.4. The molecule has 1 atom stereocenters. The maximum atomic E-state index is 12.6. The second kappa shape index (κ2) is 5.89. The lowest BCUT2D eigenvalue weighted by atomic mass is 9.60. The first kappa shape index (κ1) is 15.6. The molecule has 0 fully saturated rings. The summed E-state index contributed by atoms with van der Waals surface area (Å²) in [6.07, 6.45) is 0. The van der Waals surface area contributed by atoms with E-state index in [1.165, 1.54) is 0 Å². The van der Waals surface area contributed by atoms with Crippen molar-refractivity contribution in [1.82, 2.24) is 0 Å². The van der Waals surface area contributed by atoms with Gasteiger partial charge in [-0.2, -0.15) is 0 Å². The van der Waals surface area contributed by atoms with E-state index in [9.17, 15) is 4.79 Å². The van der Waals surface area contributed by atoms with Crippen LogP contribution in [0.25, 0.3) is 0 Å². The van der Waals surface area contributed by atoms with Crippen LogP contribution < -0.4 is 4.74 Å². The van der Waals surface area contributed by atoms with Gasteiger partial charge in [-0.3, -0.25) is 4.79 Å². The summed E-state index contributed by atoms with van der Waals surface area (Å²) in [6, 6.07) is 26.4. The van der Waals surface area contributed by atoms with E-state index in [2.05, 4.69) is 24.3 Å². The molecule has 2 heteroatoms. The molecule has 0 radical (unpaired) electrons. The fraction of sp³-hybridized carbons (Fsp3) is 0.174. The number of carbonyl (C=O) groups excluding carboxylic acids is 1. The predicted molar refractivity (Wildman–Crippen MR) is 99.1 cm³/mol. The monoisotopic (exact) mass is 328 g/mol. The average molecular weight is 328 g/mol. The topological polar surface area (TPSA) is 26.3 Å². The quantitative estimate of drug-likeness (QED) is 0.647. The number of fused-ring (bicyclic) bond motifs is 2. The van der Waals surface area contributed by atoms with Crippen LogP contribution in [0.5, 0.6) is 11.5 Å². The summed E-state index contributed by atoms with van der Waals surface area (Å²) in [5.74, 6) is 1.58. The van der Waals surface area contributed by atoms with Crippen molar-refractivity contribution in [3.63, 3.8) is 0 Å². The number of benzene rings is 3. The van der Waals surface area contributed by atoms with E-state index in [-0.39, 0.29) is 11.7 Å². The Labute approximate surface area is 148 Å². The van der Waals surface area contributed by atoms with Gasteiger partial charge >= 0.3 is 0 Å². The molecule has 2 nitrogen and oxygen atoms in total. The fourth-order valence-electron chi connectivity index (χ4n) is 4.06. The molecule has 1 aliphatic rings. The van der Waals surface area contributed by atoms with Crippen molar-refractivity contribution in [3.05, 3.63) is 95.6 Å². The minimum Gasteiger partial charge on any atom is -0.457 e. The van der Waals surface area contributed by atoms with Crippen LogP contribution >= 0.6 is 0 Å². The third kappa shape index (κ3) is 2.21. The van der Waals surface area contributed by atoms with Crippen LogP contribution in [0.1, 0.15) is 30.5 Å². The number of hydrogen-bond donors (Lipinski definition) is 0. The highest BCUT2D eigenvalue weighted by Gasteiger charge is 2.48. The van der Waals surface area contributed by atoms with Crippen molar-refractivity contribution >= 4 is 5.78 Å². The van der Waals surface area contributed by atoms with Gasteiger partial charge in [-0.05, 0) is 24.6 Å². The van der Waals surface area contributed by atoms with Gasteiger partial charge in [0.2, 0.25) is 0 Å². The molecule has 0 spiro atoms. The van der Waals surface area contributed by atoms with Crippen LogP contribution in [-0.4, -0.2) is 5.78 Å². The molecule has 1 unspecified atom stereocenters. The highest BCUT2D eigenvalue weighted by molar-refractivity contribution is 5.83. The van der Waals surface area contributed by atoms with Crippen LogP contribution in [-0.2, 0) is 10.2 Å². The molecule has 0 aromatic heterocycles. The van der Waals surface area contributed by atoms with E-state index >= 15 is 0 Å². The Morgan fingerprint density at radius 2 is 1.28 bits per heavy atom. The van der Waals surface area contributed by atoms with Crippen molar-refractivity contribution in [2.75, 3.05) is 0 Å². The number of Topliss-reactive ketones (excluding diaryl/α,β-unsaturated/α-hetero) is 1. The van der Waals surface area contributed by atoms with Crippen molar-refractivity contribution in [2.45, 2.75) is 19.3 Å². The molecule has 0 saturated carbocycles. The van der Waals surface area contributed by atoms with E-state index in [0.717, 1.165) is 28.2 Å². The van der Waals surface area contributed by atoms with Crippen molar-refractivity contribution in [3.8, 4) is 11.5 Å². The van der Waals surface area contributed by atoms with E-state index in [1.54, 1.807) is 6.92 Å². The molecule has 0 amide bonds. The molecular formula is C23H20O2. The first-order valence-electron chi connectivity index (χ1n) is 8.58. The Kier molecular flexibility index (Phi) is 3.69. The summed E-state index contributed by atoms with van der Waals surface area (Å²) in [4.78, 5) is 12.6. The normalized spacial score (nSPS) is 15.4. The van der Waals surface area contributed by atoms with Gasteiger partial charge in [0.15, 0.2) is 0 Å². The van der Waals surface area contributed by atoms with Gasteiger partial charge < -0.3 is 4.74 Å². The van der Waals surface area contributed by atoms with Crippen LogP contribution in [0.15, 0.2) is 78.9 Å². The molecule has 3 aromatic carbocycles. The first-order valence-corrected chi connectivity index (χ1v) is 8.58. The van der Waals surface area contributed by atoms with Crippen LogP contribution in [0.2, 0.25) is 0 Å². The Balaban J connectivity index is 2.15. The lowest BCUT2D eigenvalue weighted by molar-refractivity contribution is -0.121. The number of ketones is 1. The zero-order valence-corrected chi connectivity index (χ0v) is 14.4. The maximum absolute atomic E-state index is 12.6. The first-order chi connectivity index (χ1) is 12.2. The lowest BCUT2D eigenvalue weighted by Gasteiger charge is -2.44. The van der Waals surface area contributed by atoms with E-state index in [1.807, 2.05) is 61.5 Å². The maximum Gasteiger partial charge on any atom is 0.134 e. The molecular weight excluding hydrogens is 308 g/mol. The molecule has 0 bridgehead atoms. The van der Waals surface area contributed by atoms with Crippen molar-refractivity contribution < 1.29 is 9.53 Å². The fourth-order valence-corrected chi connectivity index (χ4v) is 4.06. The summed E-state index contributed by atoms with van der Waals surface area (Å²) >= 11 is 0. The molecule has 124 valence electrons. The Morgan fingerprint density at radius 1 is 0.800 bits per heavy atom. The Bertz CT molecular complexity index is 882. The minimum absolute atomic E-state index is 0.162. The second-order valence-electron chi connectivity index (χ2n) is 6.60. The number of rotatable bonds is 3. The van der Waals surface area contributed by atoms with E-state index in [0.29, 0.717) is 0 Å². The number of ether oxygens (including phenoxy) is 1. The highest BCUT2D eigenvalue weighted by Crippen LogP contribution is 2.55. The highest BCUT2D eigenvalue weighted by atomic mass is 16.5. The summed E-state index contributed by atoms with van der Waals surface area (Å²) in [5.41, 5.74) is 2.64. The van der Waals surface area contributed by atoms with E-state index in [4.69, 9.17) is 4.74 Å². The number of carbonyl (C=O) groups is 1. The predicted octanol–water partition coefficient (Wildman–Crippen LogP) is 5.35. The largest absolute Gasteiger partial charge is 0.457 e. The van der Waals surface area contributed by atoms with Gasteiger partial charge in [0, 0.05) is 17.0 Å². The average Bonchev–Trinajstić information content (AvgIpc) is 2.66. The molecule has 1 heterocycles. The third-order valence-electron chi connectivity index (χ3n) is 5.33. The Morgan fingerprint density at radius 3 is 1.80 bits per heavy atom. The van der Waals surface area contributed by atoms with Gasteiger partial charge in [-0.15, -0.1) is 0 Å². The molecule has 0 aliphatic carbocycles. The number of para-hydroxylation sites is 2. The lowest BCUT2D eigenvalue weighted by Crippen LogP contribution is -2.42. The minimum atomic E-state index is -0.557. The molecule has 4 rings (SSSR count). The second-order valence-corrected chi connectivity index (χ2v) is 6.60. The van der Waals surface area contributed by atoms with Gasteiger partial charge in [-0.25, -0.2) is 0 Å². The zero-order chi connectivity index (χ0) is 17.4. The van der Waals surface area contributed by atoms with Gasteiger partial charge in [0.25, 0.3) is 0 Å². The summed E-state index contributed by atoms with van der Waals surface area (Å²) in [5, 5.41) is 0. The van der Waals surface area contributed by atoms with Gasteiger partial charge in [0.1, 0.15) is 17.3 Å². The molecule has 25 heavy (non-hydrogen) atoms. The third-order valence-corrected chi connectivity index (χ3v) is 5.33. The summed E-state index contributed by atoms with van der Waals surface area (Å²) < 4.78 is 6.17. The SMILES string of the molecule is CC(=O)C(C)C1(c2ccccc2)c2ccccc2Oc2ccccc21. The smallest absolute Gasteiger partial charge is 0.134 e. The van der Waals surface area contributed by atoms with Crippen LogP contribution in [0.4, 0.5) is 0 Å². The van der Waals surface area contributed by atoms with Gasteiger partial charge in [0.05, 0.1) is 5.41 Å². The molecule has 0 N–H and O–H groups in total. The van der Waals surface area contributed by atoms with Crippen LogP contribution in [0.3, 0.4) is 0 Å². The van der Waals surface area contributed by atoms with Crippen molar-refractivity contribution in [1.29, 1.82) is 0 Å². The number of hydrogen-bond acceptors (Lipinski definition) is 2. The molecule has 1 aliphatic heterocycles. The van der Waals surface area contributed by atoms with Crippen LogP contribution in [0, 0.1) is 5.92 Å². The standard InChI is InChI=1S/C23H20O2/c1-16(17(2)24)23(18-10-4-3-5-11-18)19-12-6-8-14-21(19)25-22-15-9-7-13-20(22)23/h3-16H,1-2H3.